The van der Waals surface area contributed by atoms with Crippen molar-refractivity contribution in [2.75, 3.05) is 26.8 Å². The molecule has 0 N–H and O–H groups in total. The maximum absolute atomic E-state index is 6.00. The first kappa shape index (κ1) is 17.2. The van der Waals surface area contributed by atoms with Crippen molar-refractivity contribution in [3.8, 4) is 11.5 Å². The van der Waals surface area contributed by atoms with E-state index in [1.165, 1.54) is 24.0 Å². The van der Waals surface area contributed by atoms with E-state index in [2.05, 4.69) is 30.9 Å². The van der Waals surface area contributed by atoms with Gasteiger partial charge in [-0.15, -0.1) is 12.4 Å². The lowest BCUT2D eigenvalue weighted by Gasteiger charge is -2.42. The van der Waals surface area contributed by atoms with Crippen LogP contribution in [0.2, 0.25) is 0 Å². The van der Waals surface area contributed by atoms with Crippen molar-refractivity contribution < 1.29 is 9.47 Å². The van der Waals surface area contributed by atoms with Crippen LogP contribution >= 0.6 is 12.4 Å². The largest absolute Gasteiger partial charge is 0.497 e. The molecule has 0 aromatic heterocycles. The van der Waals surface area contributed by atoms with Gasteiger partial charge in [0.05, 0.1) is 13.2 Å². The second kappa shape index (κ2) is 7.38. The number of nitrogens with zero attached hydrogens (tertiary/aromatic N) is 1. The molecule has 0 spiro atoms. The third kappa shape index (κ3) is 3.11. The minimum absolute atomic E-state index is 0. The molecule has 0 fully saturated rings. The fraction of sp³-hybridized carbons (Fsp3) is 0.556. The van der Waals surface area contributed by atoms with Gasteiger partial charge in [-0.25, -0.2) is 0 Å². The van der Waals surface area contributed by atoms with Crippen LogP contribution in [0.15, 0.2) is 24.3 Å². The van der Waals surface area contributed by atoms with Gasteiger partial charge in [-0.2, -0.15) is 0 Å². The van der Waals surface area contributed by atoms with Crippen LogP contribution in [-0.2, 0) is 0 Å². The zero-order chi connectivity index (χ0) is 14.8. The van der Waals surface area contributed by atoms with E-state index >= 15 is 0 Å². The molecule has 3 rings (SSSR count). The van der Waals surface area contributed by atoms with Crippen LogP contribution in [-0.4, -0.2) is 37.7 Å². The molecule has 2 atom stereocenters. The lowest BCUT2D eigenvalue weighted by atomic mass is 9.86. The zero-order valence-electron chi connectivity index (χ0n) is 13.7. The Hall–Kier alpha value is -1.19. The lowest BCUT2D eigenvalue weighted by molar-refractivity contribution is 0.139. The quantitative estimate of drug-likeness (QED) is 0.835. The summed E-state index contributed by atoms with van der Waals surface area (Å²) in [6.45, 7) is 7.58. The second-order valence-electron chi connectivity index (χ2n) is 5.97. The number of fused-ring (bicyclic) bond motifs is 3. The number of halogens is 1. The summed E-state index contributed by atoms with van der Waals surface area (Å²) in [4.78, 5) is 2.59. The van der Waals surface area contributed by atoms with E-state index in [-0.39, 0.29) is 12.4 Å². The Bertz CT molecular complexity index is 544. The summed E-state index contributed by atoms with van der Waals surface area (Å²) in [5, 5.41) is 0. The van der Waals surface area contributed by atoms with Crippen LogP contribution in [0, 0.1) is 5.92 Å². The molecule has 2 aliphatic heterocycles. The third-order valence-corrected chi connectivity index (χ3v) is 4.61. The molecule has 0 radical (unpaired) electrons. The van der Waals surface area contributed by atoms with Crippen LogP contribution in [0.25, 0.3) is 5.57 Å². The van der Waals surface area contributed by atoms with Crippen molar-refractivity contribution in [2.24, 2.45) is 5.92 Å². The number of ether oxygens (including phenoxy) is 2. The summed E-state index contributed by atoms with van der Waals surface area (Å²) in [6.07, 6.45) is 4.85. The summed E-state index contributed by atoms with van der Waals surface area (Å²) in [7, 11) is 1.72. The third-order valence-electron chi connectivity index (χ3n) is 4.61. The van der Waals surface area contributed by atoms with Gasteiger partial charge in [-0.1, -0.05) is 19.9 Å². The highest BCUT2D eigenvalue weighted by molar-refractivity contribution is 5.85. The van der Waals surface area contributed by atoms with E-state index in [0.29, 0.717) is 12.0 Å². The first-order valence-electron chi connectivity index (χ1n) is 8.03. The molecule has 2 heterocycles. The summed E-state index contributed by atoms with van der Waals surface area (Å²) in [5.41, 5.74) is 2.64. The van der Waals surface area contributed by atoms with E-state index in [4.69, 9.17) is 9.47 Å². The fourth-order valence-electron chi connectivity index (χ4n) is 3.44. The fourth-order valence-corrected chi connectivity index (χ4v) is 3.44. The summed E-state index contributed by atoms with van der Waals surface area (Å²) < 4.78 is 11.4. The van der Waals surface area contributed by atoms with Gasteiger partial charge in [0, 0.05) is 12.1 Å². The Balaban J connectivity index is 0.00000176. The molecule has 122 valence electrons. The Morgan fingerprint density at radius 3 is 2.82 bits per heavy atom. The molecule has 1 aromatic rings. The number of rotatable bonds is 4. The van der Waals surface area contributed by atoms with E-state index in [0.717, 1.165) is 31.2 Å². The van der Waals surface area contributed by atoms with Crippen LogP contribution in [0.3, 0.4) is 0 Å². The average molecular weight is 324 g/mol. The molecule has 3 nitrogen and oxygen atoms in total. The highest BCUT2D eigenvalue weighted by Crippen LogP contribution is 2.40. The predicted octanol–water partition coefficient (Wildman–Crippen LogP) is 4.01. The molecular weight excluding hydrogens is 298 g/mol. The van der Waals surface area contributed by atoms with Gasteiger partial charge in [0.2, 0.25) is 0 Å². The van der Waals surface area contributed by atoms with E-state index < -0.39 is 0 Å². The number of hydrogen-bond donors (Lipinski definition) is 0. The van der Waals surface area contributed by atoms with Crippen molar-refractivity contribution in [3.05, 3.63) is 29.8 Å². The predicted molar refractivity (Wildman–Crippen MR) is 93.1 cm³/mol. The molecule has 0 amide bonds. The Labute approximate surface area is 139 Å². The van der Waals surface area contributed by atoms with Gasteiger partial charge in [-0.3, -0.25) is 4.90 Å². The first-order valence-corrected chi connectivity index (χ1v) is 8.03. The molecule has 1 aromatic carbocycles. The molecule has 0 aliphatic carbocycles. The summed E-state index contributed by atoms with van der Waals surface area (Å²) >= 11 is 0. The van der Waals surface area contributed by atoms with Crippen LogP contribution in [0.1, 0.15) is 32.3 Å². The Morgan fingerprint density at radius 1 is 1.32 bits per heavy atom. The molecule has 2 unspecified atom stereocenters. The smallest absolute Gasteiger partial charge is 0.127 e. The molecule has 0 saturated carbocycles. The molecule has 22 heavy (non-hydrogen) atoms. The van der Waals surface area contributed by atoms with Crippen LogP contribution < -0.4 is 9.47 Å². The molecule has 0 bridgehead atoms. The normalized spacial score (nSPS) is 23.5. The Morgan fingerprint density at radius 2 is 2.14 bits per heavy atom. The van der Waals surface area contributed by atoms with Gasteiger partial charge in [0.25, 0.3) is 0 Å². The number of methoxy groups -OCH3 is 1. The first-order chi connectivity index (χ1) is 10.3. The SMILES string of the molecule is CCCN1CC(CC)C=C2c3cc(OC)ccc3OCC21.Cl. The second-order valence-corrected chi connectivity index (χ2v) is 5.97. The zero-order valence-corrected chi connectivity index (χ0v) is 14.5. The van der Waals surface area contributed by atoms with Gasteiger partial charge in [-0.05, 0) is 49.1 Å². The molecule has 2 aliphatic rings. The van der Waals surface area contributed by atoms with Crippen molar-refractivity contribution >= 4 is 18.0 Å². The highest BCUT2D eigenvalue weighted by Gasteiger charge is 2.34. The standard InChI is InChI=1S/C18H25NO2.ClH/c1-4-8-19-11-13(5-2)9-15-16-10-14(20-3)6-7-18(16)21-12-17(15)19;/h6-7,9-10,13,17H,4-5,8,11-12H2,1-3H3;1H. The van der Waals surface area contributed by atoms with Gasteiger partial charge in [0.15, 0.2) is 0 Å². The van der Waals surface area contributed by atoms with E-state index in [1.54, 1.807) is 7.11 Å². The maximum Gasteiger partial charge on any atom is 0.127 e. The highest BCUT2D eigenvalue weighted by atomic mass is 35.5. The van der Waals surface area contributed by atoms with Gasteiger partial charge >= 0.3 is 0 Å². The monoisotopic (exact) mass is 323 g/mol. The van der Waals surface area contributed by atoms with Crippen molar-refractivity contribution in [3.63, 3.8) is 0 Å². The van der Waals surface area contributed by atoms with Gasteiger partial charge < -0.3 is 9.47 Å². The van der Waals surface area contributed by atoms with E-state index in [9.17, 15) is 0 Å². The van der Waals surface area contributed by atoms with Crippen molar-refractivity contribution in [2.45, 2.75) is 32.7 Å². The minimum atomic E-state index is 0. The number of benzene rings is 1. The molecular formula is C18H26ClNO2. The van der Waals surface area contributed by atoms with Crippen molar-refractivity contribution in [1.82, 2.24) is 4.90 Å². The molecule has 4 heteroatoms. The minimum Gasteiger partial charge on any atom is -0.497 e. The van der Waals surface area contributed by atoms with Crippen molar-refractivity contribution in [1.29, 1.82) is 0 Å². The van der Waals surface area contributed by atoms with Gasteiger partial charge in [0.1, 0.15) is 18.1 Å². The average Bonchev–Trinajstić information content (AvgIpc) is 2.54. The Kier molecular flexibility index (Phi) is 5.76. The van der Waals surface area contributed by atoms with Crippen LogP contribution in [0.4, 0.5) is 0 Å². The summed E-state index contributed by atoms with van der Waals surface area (Å²) in [6, 6.07) is 6.52. The van der Waals surface area contributed by atoms with E-state index in [1.807, 2.05) is 12.1 Å². The topological polar surface area (TPSA) is 21.7 Å². The molecule has 0 saturated heterocycles. The maximum atomic E-state index is 6.00. The number of hydrogen-bond acceptors (Lipinski definition) is 3. The lowest BCUT2D eigenvalue weighted by Crippen LogP contribution is -2.47. The summed E-state index contributed by atoms with van der Waals surface area (Å²) in [5.74, 6) is 2.53. The van der Waals surface area contributed by atoms with Crippen LogP contribution in [0.5, 0.6) is 11.5 Å².